The Labute approximate surface area is 137 Å². The Morgan fingerprint density at radius 2 is 1.96 bits per heavy atom. The zero-order chi connectivity index (χ0) is 16.8. The van der Waals surface area contributed by atoms with Gasteiger partial charge >= 0.3 is 0 Å². The summed E-state index contributed by atoms with van der Waals surface area (Å²) in [5.74, 6) is 1.03. The van der Waals surface area contributed by atoms with E-state index in [0.717, 1.165) is 18.5 Å². The van der Waals surface area contributed by atoms with Gasteiger partial charge in [-0.3, -0.25) is 4.79 Å². The molecular weight excluding hydrogens is 288 g/mol. The maximum absolute atomic E-state index is 12.3. The predicted octanol–water partition coefficient (Wildman–Crippen LogP) is 3.62. The number of nitrogens with zero attached hydrogens (tertiary/aromatic N) is 2. The van der Waals surface area contributed by atoms with Crippen LogP contribution in [0, 0.1) is 6.92 Å². The van der Waals surface area contributed by atoms with Crippen LogP contribution in [-0.2, 0) is 6.42 Å². The van der Waals surface area contributed by atoms with E-state index in [1.807, 2.05) is 32.0 Å². The molecular formula is C18H24N4O. The third kappa shape index (κ3) is 4.52. The summed E-state index contributed by atoms with van der Waals surface area (Å²) in [6.07, 6.45) is 1.80. The topological polar surface area (TPSA) is 66.9 Å². The van der Waals surface area contributed by atoms with Gasteiger partial charge in [-0.1, -0.05) is 32.0 Å². The lowest BCUT2D eigenvalue weighted by Crippen LogP contribution is -2.32. The van der Waals surface area contributed by atoms with Gasteiger partial charge in [-0.2, -0.15) is 0 Å². The number of aryl methyl sites for hydroxylation is 2. The minimum Gasteiger partial charge on any atom is -0.348 e. The fraction of sp³-hybridized carbons (Fsp3) is 0.389. The molecule has 0 spiro atoms. The smallest absolute Gasteiger partial charge is 0.270 e. The molecule has 0 fully saturated rings. The highest BCUT2D eigenvalue weighted by Gasteiger charge is 2.13. The molecule has 1 heterocycles. The number of hydrogen-bond donors (Lipinski definition) is 2. The minimum absolute atomic E-state index is 0.120. The summed E-state index contributed by atoms with van der Waals surface area (Å²) >= 11 is 0. The Balaban J connectivity index is 2.25. The van der Waals surface area contributed by atoms with Crippen molar-refractivity contribution >= 4 is 17.4 Å². The largest absolute Gasteiger partial charge is 0.348 e. The monoisotopic (exact) mass is 312 g/mol. The molecule has 1 aromatic heterocycles. The van der Waals surface area contributed by atoms with E-state index in [4.69, 9.17) is 0 Å². The van der Waals surface area contributed by atoms with E-state index in [9.17, 15) is 4.79 Å². The number of hydrogen-bond acceptors (Lipinski definition) is 4. The number of aromatic nitrogens is 2. The summed E-state index contributed by atoms with van der Waals surface area (Å²) in [5, 5.41) is 6.23. The maximum Gasteiger partial charge on any atom is 0.270 e. The zero-order valence-corrected chi connectivity index (χ0v) is 14.2. The van der Waals surface area contributed by atoms with E-state index in [-0.39, 0.29) is 11.9 Å². The number of anilines is 2. The van der Waals surface area contributed by atoms with Gasteiger partial charge in [0.2, 0.25) is 0 Å². The Bertz CT molecular complexity index is 684. The molecule has 23 heavy (non-hydrogen) atoms. The van der Waals surface area contributed by atoms with Gasteiger partial charge in [0, 0.05) is 17.8 Å². The maximum atomic E-state index is 12.3. The van der Waals surface area contributed by atoms with Gasteiger partial charge in [0.15, 0.2) is 0 Å². The standard InChI is InChI=1S/C18H24N4O/c1-5-12(3)19-18(23)16-11-17(21-13(4)20-16)22-15-10-8-7-9-14(15)6-2/h7-12H,5-6H2,1-4H3,(H,19,23)(H,20,21,22). The third-order valence-corrected chi connectivity index (χ3v) is 3.72. The van der Waals surface area contributed by atoms with E-state index in [2.05, 4.69) is 33.6 Å². The summed E-state index contributed by atoms with van der Waals surface area (Å²) in [6, 6.07) is 9.89. The highest BCUT2D eigenvalue weighted by atomic mass is 16.1. The van der Waals surface area contributed by atoms with Crippen LogP contribution < -0.4 is 10.6 Å². The lowest BCUT2D eigenvalue weighted by Gasteiger charge is -2.13. The van der Waals surface area contributed by atoms with Crippen molar-refractivity contribution in [2.24, 2.45) is 0 Å². The van der Waals surface area contributed by atoms with Crippen LogP contribution in [0.3, 0.4) is 0 Å². The van der Waals surface area contributed by atoms with Gasteiger partial charge in [0.1, 0.15) is 17.3 Å². The van der Waals surface area contributed by atoms with Crippen LogP contribution in [0.15, 0.2) is 30.3 Å². The van der Waals surface area contributed by atoms with Crippen molar-refractivity contribution in [1.82, 2.24) is 15.3 Å². The van der Waals surface area contributed by atoms with Crippen molar-refractivity contribution in [2.45, 2.75) is 46.6 Å². The van der Waals surface area contributed by atoms with Crippen LogP contribution in [0.5, 0.6) is 0 Å². The number of carbonyl (C=O) groups is 1. The predicted molar refractivity (Wildman–Crippen MR) is 93.1 cm³/mol. The summed E-state index contributed by atoms with van der Waals surface area (Å²) < 4.78 is 0. The van der Waals surface area contributed by atoms with Gasteiger partial charge in [-0.25, -0.2) is 9.97 Å². The molecule has 0 aliphatic heterocycles. The molecule has 122 valence electrons. The number of rotatable bonds is 6. The number of carbonyl (C=O) groups excluding carboxylic acids is 1. The fourth-order valence-corrected chi connectivity index (χ4v) is 2.24. The average Bonchev–Trinajstić information content (AvgIpc) is 2.54. The normalized spacial score (nSPS) is 11.8. The SMILES string of the molecule is CCc1ccccc1Nc1cc(C(=O)NC(C)CC)nc(C)n1. The first-order chi connectivity index (χ1) is 11.0. The summed E-state index contributed by atoms with van der Waals surface area (Å²) in [7, 11) is 0. The van der Waals surface area contributed by atoms with Crippen LogP contribution in [-0.4, -0.2) is 21.9 Å². The Kier molecular flexibility index (Phi) is 5.68. The molecule has 2 aromatic rings. The summed E-state index contributed by atoms with van der Waals surface area (Å²) in [5.41, 5.74) is 2.59. The van der Waals surface area contributed by atoms with E-state index < -0.39 is 0 Å². The molecule has 1 atom stereocenters. The van der Waals surface area contributed by atoms with Crippen molar-refractivity contribution in [1.29, 1.82) is 0 Å². The molecule has 0 saturated carbocycles. The Hall–Kier alpha value is -2.43. The summed E-state index contributed by atoms with van der Waals surface area (Å²) in [6.45, 7) is 7.90. The minimum atomic E-state index is -0.170. The quantitative estimate of drug-likeness (QED) is 0.855. The Morgan fingerprint density at radius 1 is 1.22 bits per heavy atom. The number of nitrogens with one attached hydrogen (secondary N) is 2. The molecule has 0 aliphatic carbocycles. The van der Waals surface area contributed by atoms with Crippen molar-refractivity contribution in [3.05, 3.63) is 47.4 Å². The first kappa shape index (κ1) is 16.9. The molecule has 5 nitrogen and oxygen atoms in total. The van der Waals surface area contributed by atoms with Gasteiger partial charge in [-0.05, 0) is 38.3 Å². The third-order valence-electron chi connectivity index (χ3n) is 3.72. The van der Waals surface area contributed by atoms with Crippen molar-refractivity contribution in [3.8, 4) is 0 Å². The molecule has 2 rings (SSSR count). The van der Waals surface area contributed by atoms with Gasteiger partial charge < -0.3 is 10.6 Å². The first-order valence-electron chi connectivity index (χ1n) is 8.05. The second-order valence-electron chi connectivity index (χ2n) is 5.60. The van der Waals surface area contributed by atoms with Crippen molar-refractivity contribution in [3.63, 3.8) is 0 Å². The second kappa shape index (κ2) is 7.72. The van der Waals surface area contributed by atoms with E-state index >= 15 is 0 Å². The second-order valence-corrected chi connectivity index (χ2v) is 5.60. The molecule has 0 saturated heterocycles. The van der Waals surface area contributed by atoms with Gasteiger partial charge in [0.05, 0.1) is 0 Å². The van der Waals surface area contributed by atoms with E-state index in [1.165, 1.54) is 5.56 Å². The van der Waals surface area contributed by atoms with Crippen molar-refractivity contribution < 1.29 is 4.79 Å². The van der Waals surface area contributed by atoms with E-state index in [1.54, 1.807) is 13.0 Å². The molecule has 0 radical (unpaired) electrons. The summed E-state index contributed by atoms with van der Waals surface area (Å²) in [4.78, 5) is 20.9. The van der Waals surface area contributed by atoms with Crippen molar-refractivity contribution in [2.75, 3.05) is 5.32 Å². The molecule has 0 aliphatic rings. The van der Waals surface area contributed by atoms with Crippen LogP contribution in [0.1, 0.15) is 49.1 Å². The van der Waals surface area contributed by atoms with Crippen LogP contribution in [0.2, 0.25) is 0 Å². The van der Waals surface area contributed by atoms with E-state index in [0.29, 0.717) is 17.3 Å². The number of benzene rings is 1. The molecule has 5 heteroatoms. The number of amides is 1. The van der Waals surface area contributed by atoms with Crippen LogP contribution in [0.4, 0.5) is 11.5 Å². The molecule has 2 N–H and O–H groups in total. The first-order valence-corrected chi connectivity index (χ1v) is 8.05. The van der Waals surface area contributed by atoms with Gasteiger partial charge in [-0.15, -0.1) is 0 Å². The molecule has 0 bridgehead atoms. The Morgan fingerprint density at radius 3 is 2.65 bits per heavy atom. The molecule has 1 unspecified atom stereocenters. The van der Waals surface area contributed by atoms with Gasteiger partial charge in [0.25, 0.3) is 5.91 Å². The highest BCUT2D eigenvalue weighted by molar-refractivity contribution is 5.93. The van der Waals surface area contributed by atoms with Crippen LogP contribution >= 0.6 is 0 Å². The highest BCUT2D eigenvalue weighted by Crippen LogP contribution is 2.20. The average molecular weight is 312 g/mol. The fourth-order valence-electron chi connectivity index (χ4n) is 2.24. The molecule has 1 aromatic carbocycles. The zero-order valence-electron chi connectivity index (χ0n) is 14.2. The number of para-hydroxylation sites is 1. The lowest BCUT2D eigenvalue weighted by atomic mass is 10.1. The van der Waals surface area contributed by atoms with Crippen LogP contribution in [0.25, 0.3) is 0 Å². The lowest BCUT2D eigenvalue weighted by molar-refractivity contribution is 0.0934. The molecule has 1 amide bonds.